The Balaban J connectivity index is 2.14. The number of imide groups is 1. The van der Waals surface area contributed by atoms with Gasteiger partial charge in [0.25, 0.3) is 5.91 Å². The molecule has 2 rings (SSSR count). The van der Waals surface area contributed by atoms with Gasteiger partial charge in [0.05, 0.1) is 0 Å². The average molecular weight is 352 g/mol. The zero-order valence-corrected chi connectivity index (χ0v) is 14.8. The summed E-state index contributed by atoms with van der Waals surface area (Å²) in [4.78, 5) is 38.0. The highest BCUT2D eigenvalue weighted by molar-refractivity contribution is 6.32. The van der Waals surface area contributed by atoms with Gasteiger partial charge < -0.3 is 10.6 Å². The van der Waals surface area contributed by atoms with Crippen LogP contribution in [0.3, 0.4) is 0 Å². The summed E-state index contributed by atoms with van der Waals surface area (Å²) in [6, 6.07) is 6.24. The van der Waals surface area contributed by atoms with E-state index in [2.05, 4.69) is 10.6 Å². The second-order valence-corrected chi connectivity index (χ2v) is 6.59. The molecule has 1 saturated heterocycles. The number of halogens is 1. The molecule has 2 unspecified atom stereocenters. The van der Waals surface area contributed by atoms with E-state index in [4.69, 9.17) is 11.6 Å². The Kier molecular flexibility index (Phi) is 5.49. The van der Waals surface area contributed by atoms with Gasteiger partial charge in [-0.3, -0.25) is 14.5 Å². The van der Waals surface area contributed by atoms with Crippen LogP contribution < -0.4 is 10.6 Å². The number of nitrogens with zero attached hydrogens (tertiary/aromatic N) is 1. The molecule has 2 atom stereocenters. The van der Waals surface area contributed by atoms with E-state index < -0.39 is 17.5 Å². The summed E-state index contributed by atoms with van der Waals surface area (Å²) in [5.41, 5.74) is -0.766. The van der Waals surface area contributed by atoms with Crippen LogP contribution in [-0.4, -0.2) is 35.3 Å². The number of carbonyl (C=O) groups is 3. The summed E-state index contributed by atoms with van der Waals surface area (Å²) >= 11 is 6.16. The number of benzene rings is 1. The zero-order chi connectivity index (χ0) is 17.9. The second-order valence-electron chi connectivity index (χ2n) is 6.18. The van der Waals surface area contributed by atoms with Gasteiger partial charge in [-0.05, 0) is 26.3 Å². The van der Waals surface area contributed by atoms with Crippen molar-refractivity contribution in [2.75, 3.05) is 6.54 Å². The van der Waals surface area contributed by atoms with Crippen LogP contribution in [0, 0.1) is 0 Å². The van der Waals surface area contributed by atoms with Gasteiger partial charge in [0.15, 0.2) is 0 Å². The lowest BCUT2D eigenvalue weighted by Crippen LogP contribution is -2.45. The van der Waals surface area contributed by atoms with Crippen LogP contribution in [0.25, 0.3) is 0 Å². The molecule has 6 nitrogen and oxygen atoms in total. The van der Waals surface area contributed by atoms with Gasteiger partial charge in [-0.1, -0.05) is 43.1 Å². The molecule has 1 aliphatic rings. The van der Waals surface area contributed by atoms with Gasteiger partial charge in [0, 0.05) is 16.6 Å². The number of carbonyl (C=O) groups excluding carboxylic acids is 3. The van der Waals surface area contributed by atoms with E-state index in [0.717, 1.165) is 17.7 Å². The second kappa shape index (κ2) is 7.21. The third-order valence-electron chi connectivity index (χ3n) is 4.12. The summed E-state index contributed by atoms with van der Waals surface area (Å²) in [6.45, 7) is 5.20. The molecule has 1 aliphatic heterocycles. The quantitative estimate of drug-likeness (QED) is 0.772. The Morgan fingerprint density at radius 2 is 2.04 bits per heavy atom. The first-order valence-corrected chi connectivity index (χ1v) is 8.36. The summed E-state index contributed by atoms with van der Waals surface area (Å²) < 4.78 is 0. The molecule has 1 fully saturated rings. The topological polar surface area (TPSA) is 78.5 Å². The Morgan fingerprint density at radius 1 is 1.38 bits per heavy atom. The highest BCUT2D eigenvalue weighted by Crippen LogP contribution is 2.33. The summed E-state index contributed by atoms with van der Waals surface area (Å²) in [6.07, 6.45) is 1.78. The van der Waals surface area contributed by atoms with Crippen molar-refractivity contribution >= 4 is 29.4 Å². The van der Waals surface area contributed by atoms with Crippen LogP contribution in [-0.2, 0) is 15.1 Å². The number of urea groups is 1. The molecule has 4 amide bonds. The molecule has 1 aromatic carbocycles. The van der Waals surface area contributed by atoms with E-state index >= 15 is 0 Å². The van der Waals surface area contributed by atoms with Crippen LogP contribution in [0.5, 0.6) is 0 Å². The molecule has 2 N–H and O–H groups in total. The number of nitrogens with one attached hydrogen (secondary N) is 2. The highest BCUT2D eigenvalue weighted by atomic mass is 35.5. The maximum Gasteiger partial charge on any atom is 0.325 e. The van der Waals surface area contributed by atoms with Gasteiger partial charge in [0.1, 0.15) is 12.1 Å². The maximum atomic E-state index is 12.7. The van der Waals surface area contributed by atoms with E-state index in [0.29, 0.717) is 10.6 Å². The summed E-state index contributed by atoms with van der Waals surface area (Å²) in [5, 5.41) is 5.82. The minimum atomic E-state index is -1.27. The van der Waals surface area contributed by atoms with E-state index in [1.807, 2.05) is 13.8 Å². The molecular formula is C17H22ClN3O3. The molecule has 0 spiro atoms. The Bertz CT molecular complexity index is 664. The van der Waals surface area contributed by atoms with Crippen LogP contribution >= 0.6 is 11.6 Å². The third kappa shape index (κ3) is 3.53. The molecule has 0 saturated carbocycles. The van der Waals surface area contributed by atoms with Gasteiger partial charge in [-0.15, -0.1) is 0 Å². The van der Waals surface area contributed by atoms with Gasteiger partial charge >= 0.3 is 6.03 Å². The maximum absolute atomic E-state index is 12.7. The average Bonchev–Trinajstić information content (AvgIpc) is 2.72. The first kappa shape index (κ1) is 18.3. The van der Waals surface area contributed by atoms with Crippen LogP contribution in [0.2, 0.25) is 5.02 Å². The molecule has 7 heteroatoms. The lowest BCUT2D eigenvalue weighted by Gasteiger charge is -2.23. The standard InChI is InChI=1S/C17H22ClN3O3/c1-4-7-11(2)19-14(22)10-21-15(23)17(3,20-16(21)24)12-8-5-6-9-13(12)18/h5-6,8-9,11H,4,7,10H2,1-3H3,(H,19,22)(H,20,24). The zero-order valence-electron chi connectivity index (χ0n) is 14.1. The molecule has 24 heavy (non-hydrogen) atoms. The normalized spacial score (nSPS) is 21.6. The molecule has 0 aliphatic carbocycles. The molecule has 0 aromatic heterocycles. The Morgan fingerprint density at radius 3 is 2.67 bits per heavy atom. The molecular weight excluding hydrogens is 330 g/mol. The van der Waals surface area contributed by atoms with Crippen molar-refractivity contribution in [3.63, 3.8) is 0 Å². The molecule has 0 bridgehead atoms. The lowest BCUT2D eigenvalue weighted by molar-refractivity contribution is -0.135. The fraction of sp³-hybridized carbons (Fsp3) is 0.471. The van der Waals surface area contributed by atoms with Crippen molar-refractivity contribution in [2.24, 2.45) is 0 Å². The monoisotopic (exact) mass is 351 g/mol. The number of amides is 4. The van der Waals surface area contributed by atoms with Gasteiger partial charge in [0.2, 0.25) is 5.91 Å². The first-order chi connectivity index (χ1) is 11.3. The summed E-state index contributed by atoms with van der Waals surface area (Å²) in [5.74, 6) is -0.846. The largest absolute Gasteiger partial charge is 0.352 e. The first-order valence-electron chi connectivity index (χ1n) is 7.98. The SMILES string of the molecule is CCCC(C)NC(=O)CN1C(=O)NC(C)(c2ccccc2Cl)C1=O. The number of hydrogen-bond acceptors (Lipinski definition) is 3. The highest BCUT2D eigenvalue weighted by Gasteiger charge is 2.50. The fourth-order valence-corrected chi connectivity index (χ4v) is 3.18. The van der Waals surface area contributed by atoms with Gasteiger partial charge in [-0.2, -0.15) is 0 Å². The van der Waals surface area contributed by atoms with Crippen molar-refractivity contribution in [1.29, 1.82) is 0 Å². The van der Waals surface area contributed by atoms with Crippen LogP contribution in [0.15, 0.2) is 24.3 Å². The fourth-order valence-electron chi connectivity index (χ4n) is 2.86. The van der Waals surface area contributed by atoms with Crippen molar-refractivity contribution in [3.8, 4) is 0 Å². The third-order valence-corrected chi connectivity index (χ3v) is 4.45. The van der Waals surface area contributed by atoms with Crippen molar-refractivity contribution < 1.29 is 14.4 Å². The lowest BCUT2D eigenvalue weighted by atomic mass is 9.92. The number of hydrogen-bond donors (Lipinski definition) is 2. The Hall–Kier alpha value is -2.08. The van der Waals surface area contributed by atoms with Crippen molar-refractivity contribution in [3.05, 3.63) is 34.9 Å². The van der Waals surface area contributed by atoms with E-state index in [1.165, 1.54) is 0 Å². The van der Waals surface area contributed by atoms with Crippen LogP contribution in [0.4, 0.5) is 4.79 Å². The molecule has 1 aromatic rings. The van der Waals surface area contributed by atoms with E-state index in [1.54, 1.807) is 31.2 Å². The Labute approximate surface area is 146 Å². The molecule has 130 valence electrons. The number of rotatable bonds is 6. The minimum Gasteiger partial charge on any atom is -0.352 e. The predicted octanol–water partition coefficient (Wildman–Crippen LogP) is 2.41. The van der Waals surface area contributed by atoms with Gasteiger partial charge in [-0.25, -0.2) is 4.79 Å². The minimum absolute atomic E-state index is 0.00165. The summed E-state index contributed by atoms with van der Waals surface area (Å²) in [7, 11) is 0. The van der Waals surface area contributed by atoms with Crippen LogP contribution in [0.1, 0.15) is 39.2 Å². The smallest absolute Gasteiger partial charge is 0.325 e. The molecule has 0 radical (unpaired) electrons. The van der Waals surface area contributed by atoms with E-state index in [-0.39, 0.29) is 18.5 Å². The predicted molar refractivity (Wildman–Crippen MR) is 91.6 cm³/mol. The molecule has 1 heterocycles. The van der Waals surface area contributed by atoms with Crippen molar-refractivity contribution in [1.82, 2.24) is 15.5 Å². The van der Waals surface area contributed by atoms with E-state index in [9.17, 15) is 14.4 Å². The van der Waals surface area contributed by atoms with Crippen molar-refractivity contribution in [2.45, 2.75) is 45.2 Å².